The van der Waals surface area contributed by atoms with Gasteiger partial charge < -0.3 is 15.8 Å². The lowest BCUT2D eigenvalue weighted by atomic mass is 10.1. The molecule has 1 rings (SSSR count). The van der Waals surface area contributed by atoms with Crippen LogP contribution in [0.2, 0.25) is 5.02 Å². The molecule has 0 aromatic heterocycles. The lowest BCUT2D eigenvalue weighted by Crippen LogP contribution is -2.14. The van der Waals surface area contributed by atoms with Crippen molar-refractivity contribution in [3.63, 3.8) is 0 Å². The summed E-state index contributed by atoms with van der Waals surface area (Å²) in [6, 6.07) is 5.00. The van der Waals surface area contributed by atoms with Crippen LogP contribution in [0.1, 0.15) is 33.1 Å². The van der Waals surface area contributed by atoms with E-state index in [-0.39, 0.29) is 5.91 Å². The van der Waals surface area contributed by atoms with Crippen LogP contribution >= 0.6 is 11.6 Å². The summed E-state index contributed by atoms with van der Waals surface area (Å²) in [5, 5.41) is 3.18. The predicted molar refractivity (Wildman–Crippen MR) is 84.0 cm³/mol. The number of halogens is 1. The van der Waals surface area contributed by atoms with Gasteiger partial charge in [0.15, 0.2) is 0 Å². The van der Waals surface area contributed by atoms with Gasteiger partial charge in [-0.05, 0) is 37.0 Å². The number of hydrogen-bond acceptors (Lipinski definition) is 3. The van der Waals surface area contributed by atoms with E-state index < -0.39 is 0 Å². The molecule has 112 valence electrons. The fourth-order valence-corrected chi connectivity index (χ4v) is 1.94. The third kappa shape index (κ3) is 6.78. The number of nitrogens with one attached hydrogen (secondary N) is 1. The van der Waals surface area contributed by atoms with Crippen LogP contribution in [0.15, 0.2) is 18.2 Å². The standard InChI is InChI=1S/C15H23ClN2O2/c1-11(2)4-3-8-20-9-7-15(19)18-14-6-5-12(17)10-13(14)16/h5-6,10-11H,3-4,7-9,17H2,1-2H3,(H,18,19). The molecule has 0 saturated carbocycles. The number of rotatable bonds is 8. The second-order valence-electron chi connectivity index (χ2n) is 5.19. The number of carbonyl (C=O) groups excluding carboxylic acids is 1. The fourth-order valence-electron chi connectivity index (χ4n) is 1.71. The van der Waals surface area contributed by atoms with Crippen LogP contribution in [0.5, 0.6) is 0 Å². The number of benzene rings is 1. The number of amides is 1. The summed E-state index contributed by atoms with van der Waals surface area (Å²) in [6.45, 7) is 5.50. The maximum Gasteiger partial charge on any atom is 0.226 e. The smallest absolute Gasteiger partial charge is 0.226 e. The first kappa shape index (κ1) is 16.8. The predicted octanol–water partition coefficient (Wildman–Crippen LogP) is 3.70. The minimum absolute atomic E-state index is 0.111. The van der Waals surface area contributed by atoms with E-state index in [9.17, 15) is 4.79 Å². The molecule has 0 saturated heterocycles. The Morgan fingerprint density at radius 3 is 2.80 bits per heavy atom. The van der Waals surface area contributed by atoms with Crippen molar-refractivity contribution < 1.29 is 9.53 Å². The number of hydrogen-bond donors (Lipinski definition) is 2. The first-order valence-corrected chi connectivity index (χ1v) is 7.29. The zero-order chi connectivity index (χ0) is 15.0. The molecule has 3 N–H and O–H groups in total. The molecule has 20 heavy (non-hydrogen) atoms. The van der Waals surface area contributed by atoms with Gasteiger partial charge in [0.25, 0.3) is 0 Å². The van der Waals surface area contributed by atoms with Gasteiger partial charge in [-0.2, -0.15) is 0 Å². The van der Waals surface area contributed by atoms with E-state index in [0.29, 0.717) is 41.9 Å². The van der Waals surface area contributed by atoms with E-state index in [0.717, 1.165) is 12.8 Å². The molecule has 4 nitrogen and oxygen atoms in total. The van der Waals surface area contributed by atoms with Gasteiger partial charge in [-0.15, -0.1) is 0 Å². The van der Waals surface area contributed by atoms with E-state index in [1.807, 2.05) is 0 Å². The Morgan fingerprint density at radius 1 is 1.40 bits per heavy atom. The highest BCUT2D eigenvalue weighted by Crippen LogP contribution is 2.24. The summed E-state index contributed by atoms with van der Waals surface area (Å²) >= 11 is 5.98. The summed E-state index contributed by atoms with van der Waals surface area (Å²) in [5.41, 5.74) is 6.73. The SMILES string of the molecule is CC(C)CCCOCCC(=O)Nc1ccc(N)cc1Cl. The molecule has 1 amide bonds. The maximum atomic E-state index is 11.7. The minimum atomic E-state index is -0.111. The number of ether oxygens (including phenoxy) is 1. The van der Waals surface area contributed by atoms with Crippen LogP contribution in [0.3, 0.4) is 0 Å². The molecule has 0 atom stereocenters. The first-order valence-electron chi connectivity index (χ1n) is 6.91. The van der Waals surface area contributed by atoms with Gasteiger partial charge in [0.2, 0.25) is 5.91 Å². The molecule has 0 aliphatic carbocycles. The Labute approximate surface area is 125 Å². The molecule has 0 fully saturated rings. The van der Waals surface area contributed by atoms with Crippen molar-refractivity contribution in [2.45, 2.75) is 33.1 Å². The van der Waals surface area contributed by atoms with E-state index in [4.69, 9.17) is 22.1 Å². The van der Waals surface area contributed by atoms with Gasteiger partial charge in [0, 0.05) is 12.3 Å². The summed E-state index contributed by atoms with van der Waals surface area (Å²) in [6.07, 6.45) is 2.50. The highest BCUT2D eigenvalue weighted by molar-refractivity contribution is 6.34. The number of anilines is 2. The summed E-state index contributed by atoms with van der Waals surface area (Å²) in [7, 11) is 0. The van der Waals surface area contributed by atoms with Crippen LogP contribution < -0.4 is 11.1 Å². The molecular formula is C15H23ClN2O2. The molecule has 0 aliphatic heterocycles. The fraction of sp³-hybridized carbons (Fsp3) is 0.533. The first-order chi connectivity index (χ1) is 9.49. The third-order valence-corrected chi connectivity index (χ3v) is 3.12. The number of nitrogens with two attached hydrogens (primary N) is 1. The molecule has 0 bridgehead atoms. The molecular weight excluding hydrogens is 276 g/mol. The zero-order valence-electron chi connectivity index (χ0n) is 12.1. The highest BCUT2D eigenvalue weighted by Gasteiger charge is 2.06. The van der Waals surface area contributed by atoms with Crippen LogP contribution in [0.4, 0.5) is 11.4 Å². The highest BCUT2D eigenvalue weighted by atomic mass is 35.5. The van der Waals surface area contributed by atoms with E-state index in [1.54, 1.807) is 18.2 Å². The lowest BCUT2D eigenvalue weighted by Gasteiger charge is -2.08. The summed E-state index contributed by atoms with van der Waals surface area (Å²) < 4.78 is 5.43. The van der Waals surface area contributed by atoms with Gasteiger partial charge in [-0.25, -0.2) is 0 Å². The van der Waals surface area contributed by atoms with Crippen molar-refractivity contribution >= 4 is 28.9 Å². The third-order valence-electron chi connectivity index (χ3n) is 2.81. The monoisotopic (exact) mass is 298 g/mol. The molecule has 0 radical (unpaired) electrons. The maximum absolute atomic E-state index is 11.7. The Morgan fingerprint density at radius 2 is 2.15 bits per heavy atom. The van der Waals surface area contributed by atoms with E-state index in [2.05, 4.69) is 19.2 Å². The van der Waals surface area contributed by atoms with Crippen molar-refractivity contribution in [1.29, 1.82) is 0 Å². The molecule has 0 aliphatic rings. The zero-order valence-corrected chi connectivity index (χ0v) is 12.9. The van der Waals surface area contributed by atoms with Gasteiger partial charge in [0.1, 0.15) is 0 Å². The second kappa shape index (κ2) is 8.82. The van der Waals surface area contributed by atoms with Gasteiger partial charge in [-0.3, -0.25) is 4.79 Å². The largest absolute Gasteiger partial charge is 0.399 e. The molecule has 0 unspecified atom stereocenters. The van der Waals surface area contributed by atoms with Crippen LogP contribution in [0, 0.1) is 5.92 Å². The topological polar surface area (TPSA) is 64.3 Å². The number of carbonyl (C=O) groups is 1. The average Bonchev–Trinajstić information content (AvgIpc) is 2.36. The molecule has 0 spiro atoms. The molecule has 1 aromatic carbocycles. The van der Waals surface area contributed by atoms with Crippen molar-refractivity contribution in [1.82, 2.24) is 0 Å². The van der Waals surface area contributed by atoms with Crippen LogP contribution in [0.25, 0.3) is 0 Å². The minimum Gasteiger partial charge on any atom is -0.399 e. The number of nitrogen functional groups attached to an aromatic ring is 1. The van der Waals surface area contributed by atoms with Crippen molar-refractivity contribution in [2.75, 3.05) is 24.3 Å². The van der Waals surface area contributed by atoms with E-state index in [1.165, 1.54) is 0 Å². The van der Waals surface area contributed by atoms with Crippen molar-refractivity contribution in [3.05, 3.63) is 23.2 Å². The van der Waals surface area contributed by atoms with Crippen LogP contribution in [-0.4, -0.2) is 19.1 Å². The Bertz CT molecular complexity index is 436. The molecule has 1 aromatic rings. The average molecular weight is 299 g/mol. The summed E-state index contributed by atoms with van der Waals surface area (Å²) in [4.78, 5) is 11.7. The van der Waals surface area contributed by atoms with Crippen molar-refractivity contribution in [2.24, 2.45) is 5.92 Å². The van der Waals surface area contributed by atoms with E-state index >= 15 is 0 Å². The quantitative estimate of drug-likeness (QED) is 0.568. The second-order valence-corrected chi connectivity index (χ2v) is 5.59. The Kier molecular flexibility index (Phi) is 7.41. The molecule has 5 heteroatoms. The van der Waals surface area contributed by atoms with Crippen molar-refractivity contribution in [3.8, 4) is 0 Å². The van der Waals surface area contributed by atoms with Crippen LogP contribution in [-0.2, 0) is 9.53 Å². The van der Waals surface area contributed by atoms with Gasteiger partial charge in [0.05, 0.1) is 23.7 Å². The lowest BCUT2D eigenvalue weighted by molar-refractivity contribution is -0.117. The van der Waals surface area contributed by atoms with Gasteiger partial charge >= 0.3 is 0 Å². The van der Waals surface area contributed by atoms with Gasteiger partial charge in [-0.1, -0.05) is 25.4 Å². The normalized spacial score (nSPS) is 10.8. The summed E-state index contributed by atoms with van der Waals surface area (Å²) in [5.74, 6) is 0.579. The molecule has 0 heterocycles. The Balaban J connectivity index is 2.20. The Hall–Kier alpha value is -1.26.